The molecule has 0 aliphatic carbocycles. The van der Waals surface area contributed by atoms with Crippen molar-refractivity contribution in [2.24, 2.45) is 5.41 Å². The van der Waals surface area contributed by atoms with Gasteiger partial charge in [0.2, 0.25) is 5.91 Å². The van der Waals surface area contributed by atoms with Gasteiger partial charge in [-0.2, -0.15) is 0 Å². The molecule has 1 amide bonds. The third-order valence-electron chi connectivity index (χ3n) is 3.01. The third-order valence-corrected chi connectivity index (χ3v) is 4.06. The van der Waals surface area contributed by atoms with E-state index in [1.807, 2.05) is 26.0 Å². The van der Waals surface area contributed by atoms with Crippen LogP contribution in [0.5, 0.6) is 5.75 Å². The van der Waals surface area contributed by atoms with Crippen LogP contribution in [0, 0.1) is 5.41 Å². The highest BCUT2D eigenvalue weighted by Crippen LogP contribution is 2.32. The first kappa shape index (κ1) is 17.5. The zero-order valence-electron chi connectivity index (χ0n) is 12.1. The van der Waals surface area contributed by atoms with Gasteiger partial charge in [-0.3, -0.25) is 4.79 Å². The average Bonchev–Trinajstić information content (AvgIpc) is 2.37. The van der Waals surface area contributed by atoms with Gasteiger partial charge in [0, 0.05) is 30.2 Å². The summed E-state index contributed by atoms with van der Waals surface area (Å²) in [6.45, 7) is 5.03. The van der Waals surface area contributed by atoms with Gasteiger partial charge in [0.25, 0.3) is 0 Å². The molecule has 0 fully saturated rings. The molecule has 0 atom stereocenters. The van der Waals surface area contributed by atoms with Gasteiger partial charge in [-0.05, 0) is 41.9 Å². The predicted molar refractivity (Wildman–Crippen MR) is 87.9 cm³/mol. The van der Waals surface area contributed by atoms with Gasteiger partial charge in [-0.1, -0.05) is 15.9 Å². The van der Waals surface area contributed by atoms with Crippen molar-refractivity contribution >= 4 is 37.8 Å². The minimum Gasteiger partial charge on any atom is -0.495 e. The number of ether oxygens (including phenoxy) is 1. The Balaban J connectivity index is 2.74. The molecule has 0 bridgehead atoms. The number of hydrogen-bond donors (Lipinski definition) is 2. The normalized spacial score (nSPS) is 11.3. The largest absolute Gasteiger partial charge is 0.495 e. The number of amides is 1. The van der Waals surface area contributed by atoms with Gasteiger partial charge in [0.15, 0.2) is 0 Å². The zero-order valence-corrected chi connectivity index (χ0v) is 15.3. The summed E-state index contributed by atoms with van der Waals surface area (Å²) in [5.41, 5.74) is 0.576. The molecule has 0 aromatic heterocycles. The molecule has 0 unspecified atom stereocenters. The zero-order chi connectivity index (χ0) is 15.3. The Bertz CT molecular complexity index is 490. The molecule has 0 saturated carbocycles. The van der Waals surface area contributed by atoms with Gasteiger partial charge in [-0.25, -0.2) is 0 Å². The topological polar surface area (TPSA) is 50.4 Å². The molecule has 0 radical (unpaired) electrons. The van der Waals surface area contributed by atoms with Crippen LogP contribution in [-0.4, -0.2) is 26.6 Å². The second kappa shape index (κ2) is 7.43. The number of halogens is 2. The Morgan fingerprint density at radius 3 is 2.55 bits per heavy atom. The standard InChI is InChI=1S/C14H20Br2N2O2/c1-14(2,13(19)17-3)8-18-7-9-5-10(15)6-11(16)12(9)20-4/h5-6,18H,7-8H2,1-4H3,(H,17,19). The van der Waals surface area contributed by atoms with Crippen LogP contribution < -0.4 is 15.4 Å². The minimum absolute atomic E-state index is 0.0207. The smallest absolute Gasteiger partial charge is 0.226 e. The van der Waals surface area contributed by atoms with Crippen LogP contribution in [-0.2, 0) is 11.3 Å². The van der Waals surface area contributed by atoms with E-state index in [4.69, 9.17) is 4.74 Å². The van der Waals surface area contributed by atoms with E-state index >= 15 is 0 Å². The molecule has 1 aromatic carbocycles. The van der Waals surface area contributed by atoms with Gasteiger partial charge in [-0.15, -0.1) is 0 Å². The molecule has 0 heterocycles. The number of methoxy groups -OCH3 is 1. The van der Waals surface area contributed by atoms with Crippen molar-refractivity contribution in [3.8, 4) is 5.75 Å². The van der Waals surface area contributed by atoms with E-state index in [2.05, 4.69) is 42.5 Å². The Hall–Kier alpha value is -0.590. The summed E-state index contributed by atoms with van der Waals surface area (Å²) in [5.74, 6) is 0.825. The van der Waals surface area contributed by atoms with Crippen molar-refractivity contribution in [1.82, 2.24) is 10.6 Å². The van der Waals surface area contributed by atoms with Crippen LogP contribution in [0.3, 0.4) is 0 Å². The number of benzene rings is 1. The summed E-state index contributed by atoms with van der Waals surface area (Å²) in [5, 5.41) is 5.98. The molecule has 2 N–H and O–H groups in total. The molecule has 20 heavy (non-hydrogen) atoms. The molecular formula is C14H20Br2N2O2. The summed E-state index contributed by atoms with van der Waals surface area (Å²) in [6.07, 6.45) is 0. The SMILES string of the molecule is CNC(=O)C(C)(C)CNCc1cc(Br)cc(Br)c1OC. The number of carbonyl (C=O) groups is 1. The lowest BCUT2D eigenvalue weighted by molar-refractivity contribution is -0.128. The maximum atomic E-state index is 11.7. The maximum absolute atomic E-state index is 11.7. The van der Waals surface area contributed by atoms with Crippen molar-refractivity contribution in [3.63, 3.8) is 0 Å². The number of rotatable bonds is 6. The van der Waals surface area contributed by atoms with Gasteiger partial charge in [0.1, 0.15) is 5.75 Å². The van der Waals surface area contributed by atoms with Crippen LogP contribution in [0.15, 0.2) is 21.1 Å². The van der Waals surface area contributed by atoms with Crippen molar-refractivity contribution in [1.29, 1.82) is 0 Å². The van der Waals surface area contributed by atoms with Gasteiger partial charge >= 0.3 is 0 Å². The first-order valence-corrected chi connectivity index (χ1v) is 7.85. The van der Waals surface area contributed by atoms with Crippen LogP contribution in [0.25, 0.3) is 0 Å². The molecule has 6 heteroatoms. The van der Waals surface area contributed by atoms with Crippen LogP contribution >= 0.6 is 31.9 Å². The fraction of sp³-hybridized carbons (Fsp3) is 0.500. The molecule has 0 aliphatic heterocycles. The fourth-order valence-corrected chi connectivity index (χ4v) is 3.38. The summed E-state index contributed by atoms with van der Waals surface area (Å²) in [6, 6.07) is 3.94. The minimum atomic E-state index is -0.453. The highest BCUT2D eigenvalue weighted by atomic mass is 79.9. The monoisotopic (exact) mass is 406 g/mol. The van der Waals surface area contributed by atoms with E-state index in [0.29, 0.717) is 13.1 Å². The van der Waals surface area contributed by atoms with E-state index < -0.39 is 5.41 Å². The van der Waals surface area contributed by atoms with E-state index in [1.165, 1.54) is 0 Å². The van der Waals surface area contributed by atoms with E-state index in [1.54, 1.807) is 14.2 Å². The van der Waals surface area contributed by atoms with E-state index in [0.717, 1.165) is 20.3 Å². The van der Waals surface area contributed by atoms with E-state index in [9.17, 15) is 4.79 Å². The Morgan fingerprint density at radius 1 is 1.35 bits per heavy atom. The Kier molecular flexibility index (Phi) is 6.48. The number of nitrogens with one attached hydrogen (secondary N) is 2. The molecule has 1 aromatic rings. The first-order valence-electron chi connectivity index (χ1n) is 6.26. The summed E-state index contributed by atoms with van der Waals surface area (Å²) < 4.78 is 7.27. The maximum Gasteiger partial charge on any atom is 0.226 e. The highest BCUT2D eigenvalue weighted by Gasteiger charge is 2.26. The Morgan fingerprint density at radius 2 is 2.00 bits per heavy atom. The van der Waals surface area contributed by atoms with Crippen molar-refractivity contribution in [3.05, 3.63) is 26.6 Å². The lowest BCUT2D eigenvalue weighted by Crippen LogP contribution is -2.41. The van der Waals surface area contributed by atoms with Crippen LogP contribution in [0.1, 0.15) is 19.4 Å². The predicted octanol–water partition coefficient (Wildman–Crippen LogP) is 3.08. The second-order valence-corrected chi connectivity index (χ2v) is 6.92. The molecular weight excluding hydrogens is 388 g/mol. The van der Waals surface area contributed by atoms with Crippen LogP contribution in [0.4, 0.5) is 0 Å². The van der Waals surface area contributed by atoms with Crippen LogP contribution in [0.2, 0.25) is 0 Å². The summed E-state index contributed by atoms with van der Waals surface area (Å²) >= 11 is 6.94. The molecule has 0 spiro atoms. The van der Waals surface area contributed by atoms with Crippen molar-refractivity contribution < 1.29 is 9.53 Å². The Labute approximate surface area is 136 Å². The lowest BCUT2D eigenvalue weighted by atomic mass is 9.92. The number of carbonyl (C=O) groups excluding carboxylic acids is 1. The molecule has 4 nitrogen and oxygen atoms in total. The third kappa shape index (κ3) is 4.46. The molecule has 0 aliphatic rings. The van der Waals surface area contributed by atoms with Gasteiger partial charge in [0.05, 0.1) is 17.0 Å². The summed E-state index contributed by atoms with van der Waals surface area (Å²) in [4.78, 5) is 11.7. The quantitative estimate of drug-likeness (QED) is 0.761. The first-order chi connectivity index (χ1) is 9.31. The molecule has 112 valence electrons. The summed E-state index contributed by atoms with van der Waals surface area (Å²) in [7, 11) is 3.30. The van der Waals surface area contributed by atoms with Crippen molar-refractivity contribution in [2.45, 2.75) is 20.4 Å². The molecule has 1 rings (SSSR count). The second-order valence-electron chi connectivity index (χ2n) is 5.15. The van der Waals surface area contributed by atoms with E-state index in [-0.39, 0.29) is 5.91 Å². The highest BCUT2D eigenvalue weighted by molar-refractivity contribution is 9.11. The average molecular weight is 408 g/mol. The van der Waals surface area contributed by atoms with Gasteiger partial charge < -0.3 is 15.4 Å². The lowest BCUT2D eigenvalue weighted by Gasteiger charge is -2.23. The fourth-order valence-electron chi connectivity index (χ4n) is 1.90. The molecule has 0 saturated heterocycles. The van der Waals surface area contributed by atoms with Crippen molar-refractivity contribution in [2.75, 3.05) is 20.7 Å². The number of hydrogen-bond acceptors (Lipinski definition) is 3.